The van der Waals surface area contributed by atoms with Crippen LogP contribution in [0.3, 0.4) is 0 Å². The lowest BCUT2D eigenvalue weighted by Crippen LogP contribution is -2.26. The topological polar surface area (TPSA) is 47.6 Å². The number of methoxy groups -OCH3 is 1. The number of carbonyl (C=O) groups excluding carboxylic acids is 1. The summed E-state index contributed by atoms with van der Waals surface area (Å²) >= 11 is 11.8. The molecule has 0 bridgehead atoms. The summed E-state index contributed by atoms with van der Waals surface area (Å²) in [6.07, 6.45) is 0.474. The number of benzene rings is 2. The van der Waals surface area contributed by atoms with Gasteiger partial charge < -0.3 is 14.8 Å². The van der Waals surface area contributed by atoms with E-state index >= 15 is 0 Å². The molecule has 0 aromatic heterocycles. The molecule has 0 aliphatic rings. The Balaban J connectivity index is 1.96. The fourth-order valence-electron chi connectivity index (χ4n) is 2.15. The summed E-state index contributed by atoms with van der Waals surface area (Å²) < 4.78 is 34.0. The maximum atomic E-state index is 12.3. The van der Waals surface area contributed by atoms with Crippen molar-refractivity contribution in [2.45, 2.75) is 13.0 Å². The normalized spacial score (nSPS) is 10.6. The SMILES string of the molecule is COc1cc(CCNC(=O)c2ccc(Cl)cc2Cl)ccc1OC(F)F. The molecule has 0 saturated heterocycles. The Kier molecular flexibility index (Phi) is 6.84. The average Bonchev–Trinajstić information content (AvgIpc) is 2.55. The summed E-state index contributed by atoms with van der Waals surface area (Å²) in [5.74, 6) is -0.172. The lowest BCUT2D eigenvalue weighted by Gasteiger charge is -2.12. The van der Waals surface area contributed by atoms with Gasteiger partial charge >= 0.3 is 6.61 Å². The molecule has 25 heavy (non-hydrogen) atoms. The van der Waals surface area contributed by atoms with Gasteiger partial charge in [0.2, 0.25) is 0 Å². The van der Waals surface area contributed by atoms with Crippen molar-refractivity contribution in [1.29, 1.82) is 0 Å². The van der Waals surface area contributed by atoms with Crippen LogP contribution in [-0.4, -0.2) is 26.2 Å². The molecular weight excluding hydrogens is 375 g/mol. The van der Waals surface area contributed by atoms with Gasteiger partial charge in [0.1, 0.15) is 0 Å². The maximum absolute atomic E-state index is 12.3. The first-order valence-electron chi connectivity index (χ1n) is 7.25. The number of alkyl halides is 2. The zero-order chi connectivity index (χ0) is 18.4. The molecule has 0 aliphatic carbocycles. The first kappa shape index (κ1) is 19.3. The quantitative estimate of drug-likeness (QED) is 0.753. The summed E-state index contributed by atoms with van der Waals surface area (Å²) in [6.45, 7) is -2.60. The number of hydrogen-bond acceptors (Lipinski definition) is 3. The Labute approximate surface area is 153 Å². The van der Waals surface area contributed by atoms with Crippen molar-refractivity contribution in [2.75, 3.05) is 13.7 Å². The number of rotatable bonds is 7. The molecule has 0 fully saturated rings. The van der Waals surface area contributed by atoms with Crippen LogP contribution < -0.4 is 14.8 Å². The smallest absolute Gasteiger partial charge is 0.387 e. The monoisotopic (exact) mass is 389 g/mol. The van der Waals surface area contributed by atoms with Gasteiger partial charge in [-0.15, -0.1) is 0 Å². The van der Waals surface area contributed by atoms with Crippen molar-refractivity contribution in [3.63, 3.8) is 0 Å². The third-order valence-corrected chi connectivity index (χ3v) is 3.87. The van der Waals surface area contributed by atoms with Crippen molar-refractivity contribution in [2.24, 2.45) is 0 Å². The lowest BCUT2D eigenvalue weighted by atomic mass is 10.1. The highest BCUT2D eigenvalue weighted by Crippen LogP contribution is 2.29. The molecule has 8 heteroatoms. The van der Waals surface area contributed by atoms with E-state index in [1.54, 1.807) is 24.3 Å². The number of amides is 1. The summed E-state index contributed by atoms with van der Waals surface area (Å²) in [5, 5.41) is 3.44. The lowest BCUT2D eigenvalue weighted by molar-refractivity contribution is -0.0512. The Morgan fingerprint density at radius 2 is 1.92 bits per heavy atom. The van der Waals surface area contributed by atoms with Crippen LogP contribution in [0.4, 0.5) is 8.78 Å². The molecule has 1 amide bonds. The minimum atomic E-state index is -2.93. The van der Waals surface area contributed by atoms with Gasteiger partial charge in [0, 0.05) is 11.6 Å². The van der Waals surface area contributed by atoms with Crippen molar-refractivity contribution in [3.8, 4) is 11.5 Å². The fraction of sp³-hybridized carbons (Fsp3) is 0.235. The van der Waals surface area contributed by atoms with Crippen molar-refractivity contribution >= 4 is 29.1 Å². The number of halogens is 4. The zero-order valence-corrected chi connectivity index (χ0v) is 14.7. The second kappa shape index (κ2) is 8.87. The molecule has 2 aromatic rings. The van der Waals surface area contributed by atoms with Crippen LogP contribution in [0.2, 0.25) is 10.0 Å². The Hall–Kier alpha value is -2.05. The van der Waals surface area contributed by atoms with Gasteiger partial charge in [0.15, 0.2) is 11.5 Å². The van der Waals surface area contributed by atoms with E-state index in [0.717, 1.165) is 5.56 Å². The number of hydrogen-bond donors (Lipinski definition) is 1. The molecule has 0 unspecified atom stereocenters. The average molecular weight is 390 g/mol. The van der Waals surface area contributed by atoms with Gasteiger partial charge in [-0.25, -0.2) is 0 Å². The van der Waals surface area contributed by atoms with E-state index in [0.29, 0.717) is 23.6 Å². The highest BCUT2D eigenvalue weighted by atomic mass is 35.5. The predicted octanol–water partition coefficient (Wildman–Crippen LogP) is 4.58. The van der Waals surface area contributed by atoms with Crippen molar-refractivity contribution in [3.05, 3.63) is 57.6 Å². The van der Waals surface area contributed by atoms with E-state index in [1.165, 1.54) is 19.2 Å². The van der Waals surface area contributed by atoms with Gasteiger partial charge in [-0.1, -0.05) is 29.3 Å². The minimum Gasteiger partial charge on any atom is -0.493 e. The fourth-order valence-corrected chi connectivity index (χ4v) is 2.64. The summed E-state index contributed by atoms with van der Waals surface area (Å²) in [4.78, 5) is 12.1. The van der Waals surface area contributed by atoms with Crippen LogP contribution in [0.15, 0.2) is 36.4 Å². The minimum absolute atomic E-state index is 0.0433. The first-order chi connectivity index (χ1) is 11.9. The van der Waals surface area contributed by atoms with Gasteiger partial charge in [0.25, 0.3) is 5.91 Å². The molecule has 0 heterocycles. The van der Waals surface area contributed by atoms with Gasteiger partial charge in [-0.2, -0.15) is 8.78 Å². The van der Waals surface area contributed by atoms with E-state index in [-0.39, 0.29) is 22.4 Å². The third kappa shape index (κ3) is 5.47. The number of nitrogens with one attached hydrogen (secondary N) is 1. The second-order valence-corrected chi connectivity index (χ2v) is 5.84. The Bertz CT molecular complexity index is 757. The van der Waals surface area contributed by atoms with Crippen LogP contribution in [0.1, 0.15) is 15.9 Å². The van der Waals surface area contributed by atoms with E-state index in [1.807, 2.05) is 0 Å². The van der Waals surface area contributed by atoms with E-state index < -0.39 is 6.61 Å². The zero-order valence-electron chi connectivity index (χ0n) is 13.2. The Morgan fingerprint density at radius 3 is 2.56 bits per heavy atom. The number of carbonyl (C=O) groups is 1. The Morgan fingerprint density at radius 1 is 1.16 bits per heavy atom. The van der Waals surface area contributed by atoms with Crippen LogP contribution in [0.5, 0.6) is 11.5 Å². The summed E-state index contributed by atoms with van der Waals surface area (Å²) in [5.41, 5.74) is 1.12. The third-order valence-electron chi connectivity index (χ3n) is 3.32. The standard InChI is InChI=1S/C17H15Cl2F2NO3/c1-24-15-8-10(2-5-14(15)25-17(20)21)6-7-22-16(23)12-4-3-11(18)9-13(12)19/h2-5,8-9,17H,6-7H2,1H3,(H,22,23). The molecule has 0 saturated carbocycles. The molecule has 134 valence electrons. The van der Waals surface area contributed by atoms with Gasteiger partial charge in [-0.05, 0) is 42.3 Å². The summed E-state index contributed by atoms with van der Waals surface area (Å²) in [7, 11) is 1.36. The largest absolute Gasteiger partial charge is 0.493 e. The molecule has 4 nitrogen and oxygen atoms in total. The van der Waals surface area contributed by atoms with E-state index in [2.05, 4.69) is 10.1 Å². The maximum Gasteiger partial charge on any atom is 0.387 e. The first-order valence-corrected chi connectivity index (χ1v) is 8.01. The summed E-state index contributed by atoms with van der Waals surface area (Å²) in [6, 6.07) is 9.22. The molecule has 1 N–H and O–H groups in total. The molecule has 2 rings (SSSR count). The van der Waals surface area contributed by atoms with Gasteiger partial charge in [-0.3, -0.25) is 4.79 Å². The molecule has 0 aliphatic heterocycles. The van der Waals surface area contributed by atoms with Crippen molar-refractivity contribution in [1.82, 2.24) is 5.32 Å². The molecule has 0 radical (unpaired) electrons. The van der Waals surface area contributed by atoms with Gasteiger partial charge in [0.05, 0.1) is 17.7 Å². The van der Waals surface area contributed by atoms with Crippen LogP contribution in [0, 0.1) is 0 Å². The van der Waals surface area contributed by atoms with Crippen LogP contribution >= 0.6 is 23.2 Å². The number of ether oxygens (including phenoxy) is 2. The second-order valence-electron chi connectivity index (χ2n) is 4.99. The van der Waals surface area contributed by atoms with Crippen LogP contribution in [-0.2, 0) is 6.42 Å². The van der Waals surface area contributed by atoms with E-state index in [4.69, 9.17) is 27.9 Å². The highest BCUT2D eigenvalue weighted by molar-refractivity contribution is 6.36. The van der Waals surface area contributed by atoms with E-state index in [9.17, 15) is 13.6 Å². The molecule has 0 atom stereocenters. The van der Waals surface area contributed by atoms with Crippen molar-refractivity contribution < 1.29 is 23.0 Å². The predicted molar refractivity (Wildman–Crippen MR) is 92.1 cm³/mol. The molecular formula is C17H15Cl2F2NO3. The molecule has 2 aromatic carbocycles. The van der Waals surface area contributed by atoms with Crippen LogP contribution in [0.25, 0.3) is 0 Å². The molecule has 0 spiro atoms. The highest BCUT2D eigenvalue weighted by Gasteiger charge is 2.12.